The number of phenolic OH excluding ortho intramolecular Hbond substituents is 1. The lowest BCUT2D eigenvalue weighted by atomic mass is 10.1. The van der Waals surface area contributed by atoms with Crippen LogP contribution in [0.5, 0.6) is 5.75 Å². The van der Waals surface area contributed by atoms with Crippen LogP contribution in [0.25, 0.3) is 5.78 Å². The van der Waals surface area contributed by atoms with E-state index in [4.69, 9.17) is 4.74 Å². The Labute approximate surface area is 264 Å². The first kappa shape index (κ1) is 31.8. The number of nitrogens with one attached hydrogen (secondary N) is 1. The minimum Gasteiger partial charge on any atom is -0.507 e. The van der Waals surface area contributed by atoms with E-state index in [9.17, 15) is 37.1 Å². The van der Waals surface area contributed by atoms with Gasteiger partial charge in [0.25, 0.3) is 11.5 Å². The van der Waals surface area contributed by atoms with Gasteiger partial charge in [0, 0.05) is 50.6 Å². The smallest absolute Gasteiger partial charge is 0.416 e. The summed E-state index contributed by atoms with van der Waals surface area (Å²) < 4.78 is 60.8. The Morgan fingerprint density at radius 3 is 2.32 bits per heavy atom. The highest BCUT2D eigenvalue weighted by molar-refractivity contribution is 5.97. The Balaban J connectivity index is 1.30. The number of halogens is 4. The van der Waals surface area contributed by atoms with Crippen molar-refractivity contribution in [2.45, 2.75) is 19.6 Å². The lowest BCUT2D eigenvalue weighted by Crippen LogP contribution is -2.50. The molecule has 4 aromatic rings. The maximum absolute atomic E-state index is 13.9. The zero-order valence-corrected chi connectivity index (χ0v) is 25.1. The summed E-state index contributed by atoms with van der Waals surface area (Å²) in [5.41, 5.74) is -0.764. The van der Waals surface area contributed by atoms with Crippen molar-refractivity contribution in [2.75, 3.05) is 67.6 Å². The zero-order valence-electron chi connectivity index (χ0n) is 25.1. The average molecular weight is 659 g/mol. The monoisotopic (exact) mass is 658 g/mol. The molecule has 2 N–H and O–H groups in total. The van der Waals surface area contributed by atoms with E-state index in [2.05, 4.69) is 15.4 Å². The fraction of sp³-hybridized carbons (Fsp3) is 0.367. The molecule has 2 aromatic carbocycles. The molecule has 0 atom stereocenters. The number of nitrogens with zero attached hydrogens (tertiary/aromatic N) is 7. The number of carbonyl (C=O) groups is 2. The summed E-state index contributed by atoms with van der Waals surface area (Å²) in [6.07, 6.45) is -4.52. The number of aromatic hydroxyl groups is 1. The van der Waals surface area contributed by atoms with Gasteiger partial charge in [0.2, 0.25) is 17.6 Å². The first-order chi connectivity index (χ1) is 22.4. The highest BCUT2D eigenvalue weighted by Crippen LogP contribution is 2.30. The lowest BCUT2D eigenvalue weighted by molar-refractivity contribution is -0.137. The van der Waals surface area contributed by atoms with Crippen molar-refractivity contribution in [3.63, 3.8) is 0 Å². The summed E-state index contributed by atoms with van der Waals surface area (Å²) in [7, 11) is 0. The number of piperazine rings is 1. The van der Waals surface area contributed by atoms with Gasteiger partial charge in [-0.2, -0.15) is 22.7 Å². The topological polar surface area (TPSA) is 138 Å². The van der Waals surface area contributed by atoms with E-state index in [-0.39, 0.29) is 67.1 Å². The molecular weight excluding hydrogens is 628 g/mol. The third kappa shape index (κ3) is 6.43. The van der Waals surface area contributed by atoms with Crippen LogP contribution in [0.2, 0.25) is 0 Å². The molecule has 2 amide bonds. The van der Waals surface area contributed by atoms with Gasteiger partial charge in [-0.1, -0.05) is 0 Å². The Morgan fingerprint density at radius 2 is 1.66 bits per heavy atom. The second-order valence-electron chi connectivity index (χ2n) is 11.1. The first-order valence-electron chi connectivity index (χ1n) is 14.7. The second kappa shape index (κ2) is 12.5. The Kier molecular flexibility index (Phi) is 8.48. The summed E-state index contributed by atoms with van der Waals surface area (Å²) in [5.74, 6) is -1.79. The number of aromatic nitrogens is 4. The number of phenols is 1. The lowest BCUT2D eigenvalue weighted by Gasteiger charge is -2.36. The van der Waals surface area contributed by atoms with E-state index >= 15 is 0 Å². The third-order valence-corrected chi connectivity index (χ3v) is 8.13. The molecule has 2 aromatic heterocycles. The standard InChI is InChI=1S/C30H30F4N8O5/c1-18-25(38-8-10-39(11-9-38)26(45)22-16-20(31)4-7-23(22)43)27(46)42-29(36-28(37-42)40-12-14-47-15-13-40)41(18)17-24(44)35-21-5-2-19(3-6-21)30(32,33)34/h2-7,16,43H,8-15,17H2,1H3,(H,35,44). The van der Waals surface area contributed by atoms with Crippen molar-refractivity contribution in [2.24, 2.45) is 0 Å². The number of hydrogen-bond acceptors (Lipinski definition) is 9. The number of benzene rings is 2. The zero-order chi connectivity index (χ0) is 33.5. The number of fused-ring (bicyclic) bond motifs is 1. The van der Waals surface area contributed by atoms with Gasteiger partial charge >= 0.3 is 6.18 Å². The molecule has 6 rings (SSSR count). The minimum atomic E-state index is -4.52. The normalized spacial score (nSPS) is 15.7. The predicted molar refractivity (Wildman–Crippen MR) is 161 cm³/mol. The fourth-order valence-corrected chi connectivity index (χ4v) is 5.66. The Morgan fingerprint density at radius 1 is 0.979 bits per heavy atom. The van der Waals surface area contributed by atoms with E-state index in [1.165, 1.54) is 9.47 Å². The number of amides is 2. The molecule has 17 heteroatoms. The van der Waals surface area contributed by atoms with Gasteiger partial charge < -0.3 is 34.4 Å². The summed E-state index contributed by atoms with van der Waals surface area (Å²) in [6.45, 7) is 3.86. The van der Waals surface area contributed by atoms with Gasteiger partial charge in [-0.25, -0.2) is 4.39 Å². The van der Waals surface area contributed by atoms with Crippen LogP contribution in [0.15, 0.2) is 47.3 Å². The van der Waals surface area contributed by atoms with Crippen molar-refractivity contribution in [3.8, 4) is 5.75 Å². The van der Waals surface area contributed by atoms with Crippen LogP contribution in [-0.4, -0.2) is 93.5 Å². The minimum absolute atomic E-state index is 0.0932. The van der Waals surface area contributed by atoms with E-state index in [1.54, 1.807) is 11.8 Å². The van der Waals surface area contributed by atoms with E-state index in [0.29, 0.717) is 32.0 Å². The van der Waals surface area contributed by atoms with Crippen LogP contribution >= 0.6 is 0 Å². The molecular formula is C30H30F4N8O5. The molecule has 0 unspecified atom stereocenters. The average Bonchev–Trinajstić information content (AvgIpc) is 3.51. The Hall–Kier alpha value is -5.19. The number of ether oxygens (including phenoxy) is 1. The van der Waals surface area contributed by atoms with E-state index in [0.717, 1.165) is 47.0 Å². The van der Waals surface area contributed by atoms with Crippen molar-refractivity contribution in [3.05, 3.63) is 75.5 Å². The summed E-state index contributed by atoms with van der Waals surface area (Å²) >= 11 is 0. The number of hydrogen-bond donors (Lipinski definition) is 2. The molecule has 2 aliphatic rings. The number of alkyl halides is 3. The molecule has 2 saturated heterocycles. The van der Waals surface area contributed by atoms with E-state index < -0.39 is 34.9 Å². The number of anilines is 3. The number of morpholine rings is 1. The summed E-state index contributed by atoms with van der Waals surface area (Å²) in [4.78, 5) is 49.8. The molecule has 0 bridgehead atoms. The van der Waals surface area contributed by atoms with Crippen LogP contribution in [0.1, 0.15) is 21.6 Å². The molecule has 4 heterocycles. The van der Waals surface area contributed by atoms with Gasteiger partial charge in [0.15, 0.2) is 0 Å². The van der Waals surface area contributed by atoms with Crippen molar-refractivity contribution in [1.82, 2.24) is 24.1 Å². The summed E-state index contributed by atoms with van der Waals surface area (Å²) in [5, 5.41) is 17.2. The maximum atomic E-state index is 13.9. The second-order valence-corrected chi connectivity index (χ2v) is 11.1. The quantitative estimate of drug-likeness (QED) is 0.300. The van der Waals surface area contributed by atoms with Crippen LogP contribution in [0.4, 0.5) is 34.9 Å². The van der Waals surface area contributed by atoms with Crippen LogP contribution < -0.4 is 20.7 Å². The van der Waals surface area contributed by atoms with Gasteiger partial charge in [-0.05, 0) is 49.4 Å². The predicted octanol–water partition coefficient (Wildman–Crippen LogP) is 2.50. The molecule has 0 spiro atoms. The first-order valence-corrected chi connectivity index (χ1v) is 14.7. The van der Waals surface area contributed by atoms with Crippen LogP contribution in [-0.2, 0) is 22.3 Å². The highest BCUT2D eigenvalue weighted by atomic mass is 19.4. The number of carbonyl (C=O) groups excluding carboxylic acids is 2. The van der Waals surface area contributed by atoms with Crippen LogP contribution in [0.3, 0.4) is 0 Å². The molecule has 0 aliphatic carbocycles. The SMILES string of the molecule is Cc1c(N2CCN(C(=O)c3cc(F)ccc3O)CC2)c(=O)n2nc(N3CCOCC3)nc2n1CC(=O)Nc1ccc(C(F)(F)F)cc1. The van der Waals surface area contributed by atoms with Gasteiger partial charge in [-0.3, -0.25) is 14.4 Å². The molecule has 248 valence electrons. The molecule has 2 aliphatic heterocycles. The van der Waals surface area contributed by atoms with Gasteiger partial charge in [0.05, 0.1) is 24.3 Å². The maximum Gasteiger partial charge on any atom is 0.416 e. The Bertz CT molecular complexity index is 1880. The fourth-order valence-electron chi connectivity index (χ4n) is 5.66. The van der Waals surface area contributed by atoms with Gasteiger partial charge in [0.1, 0.15) is 23.8 Å². The highest BCUT2D eigenvalue weighted by Gasteiger charge is 2.31. The number of rotatable bonds is 6. The largest absolute Gasteiger partial charge is 0.507 e. The molecule has 2 fully saturated rings. The molecule has 47 heavy (non-hydrogen) atoms. The van der Waals surface area contributed by atoms with Crippen molar-refractivity contribution >= 4 is 34.9 Å². The molecule has 0 radical (unpaired) electrons. The molecule has 13 nitrogen and oxygen atoms in total. The van der Waals surface area contributed by atoms with E-state index in [1.807, 2.05) is 4.90 Å². The van der Waals surface area contributed by atoms with Crippen LogP contribution in [0, 0.1) is 12.7 Å². The van der Waals surface area contributed by atoms with Crippen molar-refractivity contribution < 1.29 is 37.0 Å². The third-order valence-electron chi connectivity index (χ3n) is 8.13. The van der Waals surface area contributed by atoms with Gasteiger partial charge in [-0.15, -0.1) is 5.10 Å². The molecule has 0 saturated carbocycles. The van der Waals surface area contributed by atoms with Crippen molar-refractivity contribution in [1.29, 1.82) is 0 Å². The summed E-state index contributed by atoms with van der Waals surface area (Å²) in [6, 6.07) is 7.15.